The molecule has 0 unspecified atom stereocenters. The average Bonchev–Trinajstić information content (AvgIpc) is 2.63. The van der Waals surface area contributed by atoms with Crippen LogP contribution in [-0.2, 0) is 13.6 Å². The van der Waals surface area contributed by atoms with Gasteiger partial charge in [0.1, 0.15) is 11.6 Å². The predicted octanol–water partition coefficient (Wildman–Crippen LogP) is 2.31. The van der Waals surface area contributed by atoms with Crippen LogP contribution in [-0.4, -0.2) is 9.78 Å². The van der Waals surface area contributed by atoms with E-state index in [0.29, 0.717) is 6.54 Å². The van der Waals surface area contributed by atoms with Crippen molar-refractivity contribution in [3.63, 3.8) is 0 Å². The van der Waals surface area contributed by atoms with Crippen molar-refractivity contribution in [1.82, 2.24) is 9.78 Å². The zero-order valence-electron chi connectivity index (χ0n) is 8.74. The molecule has 0 aliphatic carbocycles. The summed E-state index contributed by atoms with van der Waals surface area (Å²) in [6, 6.07) is 5.26. The second kappa shape index (κ2) is 4.30. The Morgan fingerprint density at radius 2 is 2.12 bits per heavy atom. The molecule has 84 valence electrons. The van der Waals surface area contributed by atoms with Crippen molar-refractivity contribution in [3.8, 4) is 0 Å². The number of benzene rings is 1. The SMILES string of the molecule is Cn1ccc(CNc2ccc(F)cc2F)n1. The Morgan fingerprint density at radius 3 is 2.75 bits per heavy atom. The van der Waals surface area contributed by atoms with Crippen molar-refractivity contribution in [3.05, 3.63) is 47.8 Å². The molecular weight excluding hydrogens is 212 g/mol. The van der Waals surface area contributed by atoms with E-state index >= 15 is 0 Å². The minimum atomic E-state index is -0.601. The van der Waals surface area contributed by atoms with Gasteiger partial charge in [-0.1, -0.05) is 0 Å². The monoisotopic (exact) mass is 223 g/mol. The van der Waals surface area contributed by atoms with Gasteiger partial charge >= 0.3 is 0 Å². The molecule has 0 amide bonds. The summed E-state index contributed by atoms with van der Waals surface area (Å²) in [7, 11) is 1.81. The van der Waals surface area contributed by atoms with Gasteiger partial charge < -0.3 is 5.32 Å². The average molecular weight is 223 g/mol. The van der Waals surface area contributed by atoms with Gasteiger partial charge in [0, 0.05) is 19.3 Å². The van der Waals surface area contributed by atoms with Crippen LogP contribution in [0.4, 0.5) is 14.5 Å². The molecule has 0 fully saturated rings. The van der Waals surface area contributed by atoms with Crippen molar-refractivity contribution in [2.75, 3.05) is 5.32 Å². The zero-order chi connectivity index (χ0) is 11.5. The van der Waals surface area contributed by atoms with E-state index in [4.69, 9.17) is 0 Å². The molecule has 0 aliphatic rings. The first-order valence-corrected chi connectivity index (χ1v) is 4.82. The molecule has 0 atom stereocenters. The van der Waals surface area contributed by atoms with Crippen LogP contribution >= 0.6 is 0 Å². The summed E-state index contributed by atoms with van der Waals surface area (Å²) < 4.78 is 27.5. The van der Waals surface area contributed by atoms with Crippen LogP contribution in [0.2, 0.25) is 0 Å². The fraction of sp³-hybridized carbons (Fsp3) is 0.182. The molecule has 1 N–H and O–H groups in total. The number of hydrogen-bond donors (Lipinski definition) is 1. The highest BCUT2D eigenvalue weighted by Gasteiger charge is 2.03. The number of aromatic nitrogens is 2. The van der Waals surface area contributed by atoms with Crippen LogP contribution in [0.25, 0.3) is 0 Å². The number of nitrogens with zero attached hydrogens (tertiary/aromatic N) is 2. The van der Waals surface area contributed by atoms with Crippen LogP contribution in [0.5, 0.6) is 0 Å². The number of rotatable bonds is 3. The fourth-order valence-electron chi connectivity index (χ4n) is 1.38. The lowest BCUT2D eigenvalue weighted by Gasteiger charge is -2.05. The molecular formula is C11H11F2N3. The molecule has 1 aromatic heterocycles. The molecule has 16 heavy (non-hydrogen) atoms. The Balaban J connectivity index is 2.04. The number of aryl methyl sites for hydroxylation is 1. The molecule has 0 saturated heterocycles. The third-order valence-corrected chi connectivity index (χ3v) is 2.16. The highest BCUT2D eigenvalue weighted by Crippen LogP contribution is 2.15. The lowest BCUT2D eigenvalue weighted by Crippen LogP contribution is -2.03. The Kier molecular flexibility index (Phi) is 2.85. The summed E-state index contributed by atoms with van der Waals surface area (Å²) in [6.07, 6.45) is 1.80. The van der Waals surface area contributed by atoms with Crippen LogP contribution < -0.4 is 5.32 Å². The molecule has 0 spiro atoms. The molecule has 1 heterocycles. The van der Waals surface area contributed by atoms with E-state index in [1.165, 1.54) is 12.1 Å². The molecule has 3 nitrogen and oxygen atoms in total. The maximum absolute atomic E-state index is 13.2. The van der Waals surface area contributed by atoms with Gasteiger partial charge in [-0.2, -0.15) is 5.10 Å². The molecule has 5 heteroatoms. The van der Waals surface area contributed by atoms with E-state index in [1.54, 1.807) is 10.9 Å². The van der Waals surface area contributed by atoms with Crippen LogP contribution in [0.1, 0.15) is 5.69 Å². The Bertz CT molecular complexity index is 494. The summed E-state index contributed by atoms with van der Waals surface area (Å²) in [6.45, 7) is 0.406. The van der Waals surface area contributed by atoms with Gasteiger partial charge in [0.25, 0.3) is 0 Å². The number of anilines is 1. The summed E-state index contributed by atoms with van der Waals surface area (Å²) in [5.41, 5.74) is 1.07. The minimum Gasteiger partial charge on any atom is -0.377 e. The van der Waals surface area contributed by atoms with Gasteiger partial charge in [-0.25, -0.2) is 8.78 Å². The number of hydrogen-bond acceptors (Lipinski definition) is 2. The van der Waals surface area contributed by atoms with Crippen LogP contribution in [0.15, 0.2) is 30.5 Å². The maximum Gasteiger partial charge on any atom is 0.149 e. The standard InChI is InChI=1S/C11H11F2N3/c1-16-5-4-9(15-16)7-14-11-3-2-8(12)6-10(11)13/h2-6,14H,7H2,1H3. The molecule has 0 bridgehead atoms. The van der Waals surface area contributed by atoms with Gasteiger partial charge in [0.05, 0.1) is 17.9 Å². The van der Waals surface area contributed by atoms with Crippen LogP contribution in [0.3, 0.4) is 0 Å². The normalized spacial score (nSPS) is 10.4. The zero-order valence-corrected chi connectivity index (χ0v) is 8.74. The van der Waals surface area contributed by atoms with E-state index in [2.05, 4.69) is 10.4 Å². The highest BCUT2D eigenvalue weighted by molar-refractivity contribution is 5.44. The van der Waals surface area contributed by atoms with Crippen molar-refractivity contribution in [1.29, 1.82) is 0 Å². The van der Waals surface area contributed by atoms with Gasteiger partial charge in [0.15, 0.2) is 0 Å². The minimum absolute atomic E-state index is 0.270. The van der Waals surface area contributed by atoms with E-state index in [-0.39, 0.29) is 5.69 Å². The molecule has 2 aromatic rings. The Hall–Kier alpha value is -1.91. The van der Waals surface area contributed by atoms with Gasteiger partial charge in [0.2, 0.25) is 0 Å². The lowest BCUT2D eigenvalue weighted by atomic mass is 10.3. The molecule has 0 saturated carbocycles. The molecule has 1 aromatic carbocycles. The smallest absolute Gasteiger partial charge is 0.149 e. The summed E-state index contributed by atoms with van der Waals surface area (Å²) in [5.74, 6) is -1.18. The third-order valence-electron chi connectivity index (χ3n) is 2.16. The van der Waals surface area contributed by atoms with Crippen molar-refractivity contribution >= 4 is 5.69 Å². The number of nitrogens with one attached hydrogen (secondary N) is 1. The van der Waals surface area contributed by atoms with Crippen molar-refractivity contribution in [2.45, 2.75) is 6.54 Å². The maximum atomic E-state index is 13.2. The Morgan fingerprint density at radius 1 is 1.31 bits per heavy atom. The second-order valence-corrected chi connectivity index (χ2v) is 3.46. The lowest BCUT2D eigenvalue weighted by molar-refractivity contribution is 0.585. The first-order chi connectivity index (χ1) is 7.65. The number of halogens is 2. The van der Waals surface area contributed by atoms with E-state index in [0.717, 1.165) is 11.8 Å². The predicted molar refractivity (Wildman–Crippen MR) is 56.9 cm³/mol. The van der Waals surface area contributed by atoms with E-state index in [9.17, 15) is 8.78 Å². The first kappa shape index (κ1) is 10.6. The second-order valence-electron chi connectivity index (χ2n) is 3.46. The van der Waals surface area contributed by atoms with Gasteiger partial charge in [-0.3, -0.25) is 4.68 Å². The summed E-state index contributed by atoms with van der Waals surface area (Å²) in [4.78, 5) is 0. The highest BCUT2D eigenvalue weighted by atomic mass is 19.1. The van der Waals surface area contributed by atoms with E-state index < -0.39 is 11.6 Å². The largest absolute Gasteiger partial charge is 0.377 e. The molecule has 0 aliphatic heterocycles. The van der Waals surface area contributed by atoms with Crippen molar-refractivity contribution < 1.29 is 8.78 Å². The fourth-order valence-corrected chi connectivity index (χ4v) is 1.38. The van der Waals surface area contributed by atoms with Crippen LogP contribution in [0, 0.1) is 11.6 Å². The molecule has 0 radical (unpaired) electrons. The quantitative estimate of drug-likeness (QED) is 0.865. The first-order valence-electron chi connectivity index (χ1n) is 4.82. The summed E-state index contributed by atoms with van der Waals surface area (Å²) >= 11 is 0. The third kappa shape index (κ3) is 2.36. The van der Waals surface area contributed by atoms with Gasteiger partial charge in [-0.05, 0) is 18.2 Å². The van der Waals surface area contributed by atoms with Gasteiger partial charge in [-0.15, -0.1) is 0 Å². The van der Waals surface area contributed by atoms with Crippen molar-refractivity contribution in [2.24, 2.45) is 7.05 Å². The molecule has 2 rings (SSSR count). The summed E-state index contributed by atoms with van der Waals surface area (Å²) in [5, 5.41) is 6.98. The topological polar surface area (TPSA) is 29.9 Å². The van der Waals surface area contributed by atoms with E-state index in [1.807, 2.05) is 13.1 Å². The Labute approximate surface area is 91.7 Å².